The minimum atomic E-state index is 0.501. The van der Waals surface area contributed by atoms with Crippen molar-refractivity contribution in [2.24, 2.45) is 0 Å². The number of rotatable bonds is 6. The fourth-order valence-corrected chi connectivity index (χ4v) is 4.96. The van der Waals surface area contributed by atoms with Crippen LogP contribution < -0.4 is 4.74 Å². The Hall–Kier alpha value is -2.08. The molecule has 0 spiro atoms. The average molecular weight is 413 g/mol. The summed E-state index contributed by atoms with van der Waals surface area (Å²) >= 11 is 9.73. The zero-order valence-electron chi connectivity index (χ0n) is 14.7. The van der Waals surface area contributed by atoms with Gasteiger partial charge in [-0.3, -0.25) is 0 Å². The lowest BCUT2D eigenvalue weighted by molar-refractivity contribution is 0.340. The molecule has 0 saturated heterocycles. The van der Waals surface area contributed by atoms with Crippen LogP contribution in [0.5, 0.6) is 5.75 Å². The van der Waals surface area contributed by atoms with Crippen molar-refractivity contribution in [2.75, 3.05) is 6.61 Å². The molecule has 0 saturated carbocycles. The van der Waals surface area contributed by atoms with E-state index in [-0.39, 0.29) is 0 Å². The minimum absolute atomic E-state index is 0.501. The van der Waals surface area contributed by atoms with Crippen LogP contribution >= 0.6 is 34.7 Å². The monoisotopic (exact) mass is 412 g/mol. The molecule has 2 aromatic carbocycles. The third kappa shape index (κ3) is 4.10. The summed E-state index contributed by atoms with van der Waals surface area (Å²) in [7, 11) is 0. The molecule has 0 fully saturated rings. The largest absolute Gasteiger partial charge is 0.494 e. The van der Waals surface area contributed by atoms with E-state index >= 15 is 0 Å². The summed E-state index contributed by atoms with van der Waals surface area (Å²) in [5, 5.41) is 4.21. The number of halogens is 1. The van der Waals surface area contributed by atoms with Gasteiger partial charge in [0.25, 0.3) is 0 Å². The summed E-state index contributed by atoms with van der Waals surface area (Å²) in [6.07, 6.45) is 0. The molecule has 0 bridgehead atoms. The normalized spacial score (nSPS) is 11.0. The average Bonchev–Trinajstić information content (AvgIpc) is 3.13. The van der Waals surface area contributed by atoms with E-state index in [4.69, 9.17) is 21.3 Å². The van der Waals surface area contributed by atoms with Gasteiger partial charge in [-0.15, -0.1) is 11.3 Å². The van der Waals surface area contributed by atoms with Crippen molar-refractivity contribution < 1.29 is 4.74 Å². The van der Waals surface area contributed by atoms with Crippen molar-refractivity contribution in [2.45, 2.75) is 17.8 Å². The second-order valence-electron chi connectivity index (χ2n) is 5.86. The van der Waals surface area contributed by atoms with Crippen LogP contribution in [0.15, 0.2) is 65.1 Å². The highest BCUT2D eigenvalue weighted by Crippen LogP contribution is 2.38. The van der Waals surface area contributed by atoms with Gasteiger partial charge in [0, 0.05) is 16.7 Å². The number of benzene rings is 2. The predicted octanol–water partition coefficient (Wildman–Crippen LogP) is 6.70. The number of fused-ring (bicyclic) bond motifs is 1. The molecule has 0 aliphatic carbocycles. The van der Waals surface area contributed by atoms with Crippen molar-refractivity contribution in [3.05, 3.63) is 70.7 Å². The topological polar surface area (TPSA) is 35.0 Å². The number of thiophene rings is 1. The Morgan fingerprint density at radius 1 is 1.04 bits per heavy atom. The van der Waals surface area contributed by atoms with Gasteiger partial charge in [-0.05, 0) is 30.2 Å². The number of nitrogens with zero attached hydrogens (tertiary/aromatic N) is 2. The van der Waals surface area contributed by atoms with Gasteiger partial charge in [-0.1, -0.05) is 65.8 Å². The Morgan fingerprint density at radius 3 is 2.56 bits per heavy atom. The zero-order chi connectivity index (χ0) is 18.6. The molecule has 0 aliphatic heterocycles. The molecule has 27 heavy (non-hydrogen) atoms. The molecule has 136 valence electrons. The Morgan fingerprint density at radius 2 is 1.81 bits per heavy atom. The summed E-state index contributed by atoms with van der Waals surface area (Å²) in [5.74, 6) is 1.68. The maximum Gasteiger partial charge on any atom is 0.190 e. The van der Waals surface area contributed by atoms with Gasteiger partial charge in [-0.2, -0.15) is 0 Å². The number of thioether (sulfide) groups is 1. The van der Waals surface area contributed by atoms with E-state index in [0.717, 1.165) is 32.8 Å². The predicted molar refractivity (Wildman–Crippen MR) is 115 cm³/mol. The second kappa shape index (κ2) is 8.30. The van der Waals surface area contributed by atoms with Crippen molar-refractivity contribution >= 4 is 44.9 Å². The lowest BCUT2D eigenvalue weighted by atomic mass is 10.1. The molecule has 0 aliphatic rings. The second-order valence-corrected chi connectivity index (χ2v) is 8.02. The van der Waals surface area contributed by atoms with E-state index in [1.165, 1.54) is 5.56 Å². The summed E-state index contributed by atoms with van der Waals surface area (Å²) in [5.41, 5.74) is 3.38. The number of aromatic nitrogens is 2. The fourth-order valence-electron chi connectivity index (χ4n) is 2.78. The van der Waals surface area contributed by atoms with Gasteiger partial charge >= 0.3 is 0 Å². The van der Waals surface area contributed by atoms with Gasteiger partial charge in [0.15, 0.2) is 5.16 Å². The summed E-state index contributed by atoms with van der Waals surface area (Å²) < 4.78 is 5.52. The first-order valence-electron chi connectivity index (χ1n) is 8.59. The van der Waals surface area contributed by atoms with Crippen molar-refractivity contribution in [1.29, 1.82) is 0 Å². The third-order valence-electron chi connectivity index (χ3n) is 4.06. The summed E-state index contributed by atoms with van der Waals surface area (Å²) in [6, 6.07) is 18.3. The van der Waals surface area contributed by atoms with Crippen LogP contribution in [0.1, 0.15) is 12.5 Å². The van der Waals surface area contributed by atoms with Crippen molar-refractivity contribution in [1.82, 2.24) is 9.97 Å². The van der Waals surface area contributed by atoms with Crippen LogP contribution in [0.2, 0.25) is 5.15 Å². The van der Waals surface area contributed by atoms with E-state index < -0.39 is 0 Å². The van der Waals surface area contributed by atoms with Crippen LogP contribution in [-0.4, -0.2) is 16.6 Å². The lowest BCUT2D eigenvalue weighted by Gasteiger charge is -2.06. The van der Waals surface area contributed by atoms with Crippen molar-refractivity contribution in [3.8, 4) is 16.9 Å². The molecule has 4 aromatic rings. The molecule has 2 aromatic heterocycles. The van der Waals surface area contributed by atoms with Crippen LogP contribution in [0.4, 0.5) is 0 Å². The molecule has 6 heteroatoms. The molecular weight excluding hydrogens is 396 g/mol. The Kier molecular flexibility index (Phi) is 5.62. The molecule has 4 rings (SSSR count). The number of ether oxygens (including phenoxy) is 1. The molecule has 2 heterocycles. The zero-order valence-corrected chi connectivity index (χ0v) is 17.1. The van der Waals surface area contributed by atoms with Gasteiger partial charge in [0.1, 0.15) is 15.7 Å². The summed E-state index contributed by atoms with van der Waals surface area (Å²) in [4.78, 5) is 10.1. The first kappa shape index (κ1) is 18.3. The smallest absolute Gasteiger partial charge is 0.190 e. The van der Waals surface area contributed by atoms with E-state index in [0.29, 0.717) is 16.9 Å². The molecule has 0 atom stereocenters. The maximum absolute atomic E-state index is 6.54. The van der Waals surface area contributed by atoms with Gasteiger partial charge in [0.2, 0.25) is 0 Å². The molecule has 3 nitrogen and oxygen atoms in total. The van der Waals surface area contributed by atoms with E-state index in [2.05, 4.69) is 22.5 Å². The quantitative estimate of drug-likeness (QED) is 0.200. The van der Waals surface area contributed by atoms with Crippen LogP contribution in [0.3, 0.4) is 0 Å². The first-order valence-corrected chi connectivity index (χ1v) is 10.8. The Bertz CT molecular complexity index is 1050. The van der Waals surface area contributed by atoms with E-state index in [1.54, 1.807) is 23.1 Å². The Labute approximate surface area is 171 Å². The van der Waals surface area contributed by atoms with Gasteiger partial charge in [0.05, 0.1) is 12.0 Å². The molecule has 0 amide bonds. The van der Waals surface area contributed by atoms with Crippen LogP contribution in [-0.2, 0) is 5.75 Å². The standard InChI is InChI=1S/C21H17ClN2OS2/c1-2-25-16-10-8-15(9-11-16)17-13-26-20-18(17)19(22)23-21(24-20)27-12-14-6-4-3-5-7-14/h3-11,13H,2,12H2,1H3. The van der Waals surface area contributed by atoms with Gasteiger partial charge in [-0.25, -0.2) is 9.97 Å². The lowest BCUT2D eigenvalue weighted by Crippen LogP contribution is -1.91. The Balaban J connectivity index is 1.61. The minimum Gasteiger partial charge on any atom is -0.494 e. The van der Waals surface area contributed by atoms with Crippen LogP contribution in [0, 0.1) is 0 Å². The number of hydrogen-bond acceptors (Lipinski definition) is 5. The highest BCUT2D eigenvalue weighted by Gasteiger charge is 2.14. The molecule has 0 unspecified atom stereocenters. The van der Waals surface area contributed by atoms with Gasteiger partial charge < -0.3 is 4.74 Å². The van der Waals surface area contributed by atoms with Crippen LogP contribution in [0.25, 0.3) is 21.3 Å². The van der Waals surface area contributed by atoms with E-state index in [1.807, 2.05) is 49.4 Å². The fraction of sp³-hybridized carbons (Fsp3) is 0.143. The highest BCUT2D eigenvalue weighted by molar-refractivity contribution is 7.98. The molecule has 0 N–H and O–H groups in total. The third-order valence-corrected chi connectivity index (χ3v) is 6.12. The summed E-state index contributed by atoms with van der Waals surface area (Å²) in [6.45, 7) is 2.63. The number of hydrogen-bond donors (Lipinski definition) is 0. The van der Waals surface area contributed by atoms with E-state index in [9.17, 15) is 0 Å². The van der Waals surface area contributed by atoms with Crippen molar-refractivity contribution in [3.63, 3.8) is 0 Å². The SMILES string of the molecule is CCOc1ccc(-c2csc3nc(SCc4ccccc4)nc(Cl)c23)cc1. The highest BCUT2D eigenvalue weighted by atomic mass is 35.5. The maximum atomic E-state index is 6.54. The molecular formula is C21H17ClN2OS2. The molecule has 0 radical (unpaired) electrons. The first-order chi connectivity index (χ1) is 13.2.